The molecule has 0 radical (unpaired) electrons. The third-order valence-electron chi connectivity index (χ3n) is 3.82. The maximum atomic E-state index is 12.5. The number of nitrogens with zero attached hydrogens (tertiary/aromatic N) is 1. The summed E-state index contributed by atoms with van der Waals surface area (Å²) in [7, 11) is 0. The van der Waals surface area contributed by atoms with Crippen LogP contribution in [0.15, 0.2) is 42.5 Å². The van der Waals surface area contributed by atoms with Gasteiger partial charge in [-0.1, -0.05) is 18.2 Å². The average Bonchev–Trinajstić information content (AvgIpc) is 2.47. The van der Waals surface area contributed by atoms with Crippen molar-refractivity contribution in [2.24, 2.45) is 0 Å². The minimum atomic E-state index is 0.148. The number of hydrogen-bond donors (Lipinski definition) is 1. The predicted molar refractivity (Wildman–Crippen MR) is 98.2 cm³/mol. The van der Waals surface area contributed by atoms with E-state index in [0.29, 0.717) is 19.5 Å². The molecule has 23 heavy (non-hydrogen) atoms. The van der Waals surface area contributed by atoms with Crippen LogP contribution in [0.2, 0.25) is 0 Å². The topological polar surface area (TPSA) is 32.3 Å². The predicted octanol–water partition coefficient (Wildman–Crippen LogP) is 4.47. The molecular weight excluding hydrogens is 284 g/mol. The first-order valence-electron chi connectivity index (χ1n) is 8.19. The first-order chi connectivity index (χ1) is 11.0. The highest BCUT2D eigenvalue weighted by Crippen LogP contribution is 2.17. The summed E-state index contributed by atoms with van der Waals surface area (Å²) in [5.74, 6) is 0.148. The number of rotatable bonds is 6. The van der Waals surface area contributed by atoms with Crippen LogP contribution in [0.25, 0.3) is 0 Å². The van der Waals surface area contributed by atoms with Gasteiger partial charge in [0.1, 0.15) is 0 Å². The smallest absolute Gasteiger partial charge is 0.228 e. The molecule has 122 valence electrons. The number of hydrogen-bond acceptors (Lipinski definition) is 2. The van der Waals surface area contributed by atoms with Crippen LogP contribution in [0.4, 0.5) is 11.4 Å². The number of nitrogens with one attached hydrogen (secondary N) is 1. The minimum Gasteiger partial charge on any atom is -0.385 e. The number of carbonyl (C=O) groups excluding carboxylic acids is 1. The van der Waals surface area contributed by atoms with Crippen LogP contribution in [0.3, 0.4) is 0 Å². The molecule has 0 heterocycles. The summed E-state index contributed by atoms with van der Waals surface area (Å²) < 4.78 is 0. The zero-order valence-corrected chi connectivity index (χ0v) is 14.5. The standard InChI is InChI=1S/C20H26N2O/c1-5-22(19-8-6-7-15(2)14-19)20(23)9-10-21-18-12-16(3)11-17(4)13-18/h6-8,11-14,21H,5,9-10H2,1-4H3. The van der Waals surface area contributed by atoms with E-state index >= 15 is 0 Å². The zero-order valence-electron chi connectivity index (χ0n) is 14.5. The second kappa shape index (κ2) is 7.82. The molecule has 2 aromatic carbocycles. The molecule has 0 bridgehead atoms. The Morgan fingerprint density at radius 3 is 2.30 bits per heavy atom. The van der Waals surface area contributed by atoms with E-state index in [0.717, 1.165) is 11.4 Å². The third-order valence-corrected chi connectivity index (χ3v) is 3.82. The molecule has 0 aromatic heterocycles. The van der Waals surface area contributed by atoms with E-state index in [9.17, 15) is 4.79 Å². The average molecular weight is 310 g/mol. The van der Waals surface area contributed by atoms with Crippen molar-refractivity contribution >= 4 is 17.3 Å². The molecule has 0 atom stereocenters. The van der Waals surface area contributed by atoms with Crippen molar-refractivity contribution in [3.05, 3.63) is 59.2 Å². The Morgan fingerprint density at radius 2 is 1.70 bits per heavy atom. The normalized spacial score (nSPS) is 10.4. The number of anilines is 2. The lowest BCUT2D eigenvalue weighted by Gasteiger charge is -2.21. The summed E-state index contributed by atoms with van der Waals surface area (Å²) in [6, 6.07) is 14.4. The molecule has 2 rings (SSSR count). The molecule has 3 nitrogen and oxygen atoms in total. The van der Waals surface area contributed by atoms with Gasteiger partial charge in [-0.25, -0.2) is 0 Å². The molecule has 0 saturated carbocycles. The number of benzene rings is 2. The molecular formula is C20H26N2O. The summed E-state index contributed by atoms with van der Waals surface area (Å²) in [4.78, 5) is 14.3. The molecule has 0 unspecified atom stereocenters. The van der Waals surface area contributed by atoms with Crippen LogP contribution >= 0.6 is 0 Å². The van der Waals surface area contributed by atoms with Gasteiger partial charge in [-0.15, -0.1) is 0 Å². The van der Waals surface area contributed by atoms with Crippen molar-refractivity contribution < 1.29 is 4.79 Å². The summed E-state index contributed by atoms with van der Waals surface area (Å²) in [5.41, 5.74) is 5.68. The lowest BCUT2D eigenvalue weighted by Crippen LogP contribution is -2.31. The second-order valence-electron chi connectivity index (χ2n) is 6.03. The molecule has 0 aliphatic rings. The van der Waals surface area contributed by atoms with Crippen LogP contribution in [-0.4, -0.2) is 19.0 Å². The number of amides is 1. The minimum absolute atomic E-state index is 0.148. The van der Waals surface area contributed by atoms with Crippen LogP contribution in [0, 0.1) is 20.8 Å². The molecule has 2 aromatic rings. The fourth-order valence-corrected chi connectivity index (χ4v) is 2.82. The quantitative estimate of drug-likeness (QED) is 0.854. The maximum absolute atomic E-state index is 12.5. The molecule has 0 aliphatic heterocycles. The van der Waals surface area contributed by atoms with Gasteiger partial charge >= 0.3 is 0 Å². The van der Waals surface area contributed by atoms with Gasteiger partial charge in [0.25, 0.3) is 0 Å². The molecule has 0 fully saturated rings. The van der Waals surface area contributed by atoms with E-state index in [1.54, 1.807) is 0 Å². The molecule has 0 aliphatic carbocycles. The highest BCUT2D eigenvalue weighted by Gasteiger charge is 2.13. The Balaban J connectivity index is 1.95. The van der Waals surface area contributed by atoms with E-state index in [4.69, 9.17) is 0 Å². The van der Waals surface area contributed by atoms with Crippen molar-refractivity contribution in [2.45, 2.75) is 34.1 Å². The van der Waals surface area contributed by atoms with Gasteiger partial charge in [0.2, 0.25) is 5.91 Å². The van der Waals surface area contributed by atoms with Crippen molar-refractivity contribution in [3.8, 4) is 0 Å². The van der Waals surface area contributed by atoms with Crippen molar-refractivity contribution in [1.29, 1.82) is 0 Å². The Bertz CT molecular complexity index is 659. The van der Waals surface area contributed by atoms with E-state index in [1.165, 1.54) is 16.7 Å². The molecule has 0 saturated heterocycles. The highest BCUT2D eigenvalue weighted by atomic mass is 16.2. The van der Waals surface area contributed by atoms with E-state index in [1.807, 2.05) is 36.9 Å². The monoisotopic (exact) mass is 310 g/mol. The fraction of sp³-hybridized carbons (Fsp3) is 0.350. The summed E-state index contributed by atoms with van der Waals surface area (Å²) in [6.07, 6.45) is 0.481. The van der Waals surface area contributed by atoms with Gasteiger partial charge in [-0.2, -0.15) is 0 Å². The van der Waals surface area contributed by atoms with Crippen molar-refractivity contribution in [1.82, 2.24) is 0 Å². The van der Waals surface area contributed by atoms with Crippen LogP contribution in [0.1, 0.15) is 30.0 Å². The van der Waals surface area contributed by atoms with Crippen LogP contribution < -0.4 is 10.2 Å². The van der Waals surface area contributed by atoms with Gasteiger partial charge in [0.05, 0.1) is 0 Å². The van der Waals surface area contributed by atoms with Gasteiger partial charge in [-0.3, -0.25) is 4.79 Å². The lowest BCUT2D eigenvalue weighted by molar-refractivity contribution is -0.118. The molecule has 1 amide bonds. The Kier molecular flexibility index (Phi) is 5.80. The third kappa shape index (κ3) is 4.85. The zero-order chi connectivity index (χ0) is 16.8. The number of carbonyl (C=O) groups is 1. The molecule has 1 N–H and O–H groups in total. The largest absolute Gasteiger partial charge is 0.385 e. The molecule has 3 heteroatoms. The van der Waals surface area contributed by atoms with Crippen molar-refractivity contribution in [2.75, 3.05) is 23.3 Å². The number of aryl methyl sites for hydroxylation is 3. The Morgan fingerprint density at radius 1 is 1.00 bits per heavy atom. The Labute approximate surface area is 139 Å². The van der Waals surface area contributed by atoms with E-state index in [-0.39, 0.29) is 5.91 Å². The summed E-state index contributed by atoms with van der Waals surface area (Å²) in [6.45, 7) is 9.55. The first-order valence-corrected chi connectivity index (χ1v) is 8.19. The second-order valence-corrected chi connectivity index (χ2v) is 6.03. The maximum Gasteiger partial charge on any atom is 0.228 e. The lowest BCUT2D eigenvalue weighted by atomic mass is 10.1. The summed E-state index contributed by atoms with van der Waals surface area (Å²) in [5, 5.41) is 3.35. The van der Waals surface area contributed by atoms with Crippen LogP contribution in [0.5, 0.6) is 0 Å². The van der Waals surface area contributed by atoms with E-state index < -0.39 is 0 Å². The van der Waals surface area contributed by atoms with Gasteiger partial charge in [0.15, 0.2) is 0 Å². The molecule has 0 spiro atoms. The Hall–Kier alpha value is -2.29. The SMILES string of the molecule is CCN(C(=O)CCNc1cc(C)cc(C)c1)c1cccc(C)c1. The van der Waals surface area contributed by atoms with Gasteiger partial charge < -0.3 is 10.2 Å². The van der Waals surface area contributed by atoms with Crippen LogP contribution in [-0.2, 0) is 4.79 Å². The highest BCUT2D eigenvalue weighted by molar-refractivity contribution is 5.93. The fourth-order valence-electron chi connectivity index (χ4n) is 2.82. The first kappa shape index (κ1) is 17.1. The van der Waals surface area contributed by atoms with Gasteiger partial charge in [-0.05, 0) is 68.7 Å². The summed E-state index contributed by atoms with van der Waals surface area (Å²) >= 11 is 0. The van der Waals surface area contributed by atoms with E-state index in [2.05, 4.69) is 43.4 Å². The van der Waals surface area contributed by atoms with Gasteiger partial charge in [0, 0.05) is 30.9 Å². The van der Waals surface area contributed by atoms with Crippen molar-refractivity contribution in [3.63, 3.8) is 0 Å².